The summed E-state index contributed by atoms with van der Waals surface area (Å²) < 4.78 is 27.1. The Morgan fingerprint density at radius 2 is 2.00 bits per heavy atom. The van der Waals surface area contributed by atoms with Crippen LogP contribution in [0.4, 0.5) is 5.69 Å². The number of nitrogen functional groups attached to an aromatic ring is 1. The summed E-state index contributed by atoms with van der Waals surface area (Å²) in [7, 11) is -3.67. The monoisotopic (exact) mass is 329 g/mol. The molecule has 0 saturated carbocycles. The number of sulfonamides is 1. The van der Waals surface area contributed by atoms with Gasteiger partial charge in [-0.3, -0.25) is 4.79 Å². The third-order valence-corrected chi connectivity index (χ3v) is 6.03. The number of carbonyl (C=O) groups excluding carboxylic acids is 1. The lowest BCUT2D eigenvalue weighted by molar-refractivity contribution is 0.1000. The van der Waals surface area contributed by atoms with Gasteiger partial charge >= 0.3 is 0 Å². The van der Waals surface area contributed by atoms with E-state index in [4.69, 9.17) is 11.5 Å². The Kier molecular flexibility index (Phi) is 5.13. The minimum Gasteiger partial charge on any atom is -0.398 e. The molecule has 0 aromatic heterocycles. The van der Waals surface area contributed by atoms with Gasteiger partial charge in [0, 0.05) is 12.1 Å². The molecule has 5 N–H and O–H groups in total. The maximum atomic E-state index is 12.3. The van der Waals surface area contributed by atoms with Gasteiger partial charge in [-0.2, -0.15) is 11.8 Å². The zero-order chi connectivity index (χ0) is 15.5. The van der Waals surface area contributed by atoms with Crippen molar-refractivity contribution in [2.24, 2.45) is 11.7 Å². The van der Waals surface area contributed by atoms with E-state index in [9.17, 15) is 13.2 Å². The molecule has 1 aromatic rings. The van der Waals surface area contributed by atoms with Crippen molar-refractivity contribution in [1.82, 2.24) is 4.72 Å². The van der Waals surface area contributed by atoms with E-state index in [2.05, 4.69) is 4.72 Å². The molecular weight excluding hydrogens is 310 g/mol. The number of nitrogens with two attached hydrogens (primary N) is 2. The van der Waals surface area contributed by atoms with E-state index >= 15 is 0 Å². The number of rotatable bonds is 5. The molecule has 1 aromatic carbocycles. The Balaban J connectivity index is 2.10. The molecule has 21 heavy (non-hydrogen) atoms. The smallest absolute Gasteiger partial charge is 0.248 e. The molecule has 1 saturated heterocycles. The second-order valence-corrected chi connectivity index (χ2v) is 7.98. The van der Waals surface area contributed by atoms with Gasteiger partial charge in [0.05, 0.1) is 5.69 Å². The summed E-state index contributed by atoms with van der Waals surface area (Å²) in [6.07, 6.45) is 2.03. The Hall–Kier alpha value is -1.25. The lowest BCUT2D eigenvalue weighted by Gasteiger charge is -2.21. The van der Waals surface area contributed by atoms with Gasteiger partial charge < -0.3 is 11.5 Å². The molecule has 1 aliphatic heterocycles. The molecule has 6 nitrogen and oxygen atoms in total. The van der Waals surface area contributed by atoms with Crippen LogP contribution in [-0.4, -0.2) is 32.4 Å². The van der Waals surface area contributed by atoms with Crippen molar-refractivity contribution >= 4 is 33.4 Å². The standard InChI is InChI=1S/C13H19N3O3S2/c14-11-7-10(13(15)17)1-2-12(11)21(18,19)16-8-9-3-5-20-6-4-9/h1-2,7,9,16H,3-6,8,14H2,(H2,15,17). The van der Waals surface area contributed by atoms with Crippen molar-refractivity contribution in [1.29, 1.82) is 0 Å². The minimum atomic E-state index is -3.67. The van der Waals surface area contributed by atoms with Crippen molar-refractivity contribution in [3.8, 4) is 0 Å². The van der Waals surface area contributed by atoms with Crippen molar-refractivity contribution in [2.45, 2.75) is 17.7 Å². The lowest BCUT2D eigenvalue weighted by atomic mass is 10.0. The Morgan fingerprint density at radius 1 is 1.33 bits per heavy atom. The van der Waals surface area contributed by atoms with Crippen LogP contribution in [0.15, 0.2) is 23.1 Å². The van der Waals surface area contributed by atoms with Crippen molar-refractivity contribution in [3.05, 3.63) is 23.8 Å². The van der Waals surface area contributed by atoms with Crippen LogP contribution in [-0.2, 0) is 10.0 Å². The van der Waals surface area contributed by atoms with Crippen molar-refractivity contribution < 1.29 is 13.2 Å². The molecular formula is C13H19N3O3S2. The van der Waals surface area contributed by atoms with Gasteiger partial charge in [0.2, 0.25) is 15.9 Å². The summed E-state index contributed by atoms with van der Waals surface area (Å²) in [4.78, 5) is 11.0. The van der Waals surface area contributed by atoms with Crippen LogP contribution < -0.4 is 16.2 Å². The second-order valence-electron chi connectivity index (χ2n) is 5.02. The van der Waals surface area contributed by atoms with Crippen LogP contribution in [0.1, 0.15) is 23.2 Å². The lowest BCUT2D eigenvalue weighted by Crippen LogP contribution is -2.31. The minimum absolute atomic E-state index is 0.0160. The molecule has 0 spiro atoms. The fourth-order valence-corrected chi connectivity index (χ4v) is 4.63. The quantitative estimate of drug-likeness (QED) is 0.691. The average molecular weight is 329 g/mol. The second kappa shape index (κ2) is 6.67. The number of benzene rings is 1. The van der Waals surface area contributed by atoms with E-state index in [0.717, 1.165) is 24.3 Å². The number of primary amides is 1. The summed E-state index contributed by atoms with van der Waals surface area (Å²) >= 11 is 1.89. The predicted octanol–water partition coefficient (Wildman–Crippen LogP) is 0.789. The summed E-state index contributed by atoms with van der Waals surface area (Å²) in [6.45, 7) is 0.417. The molecule has 1 amide bonds. The van der Waals surface area contributed by atoms with E-state index in [-0.39, 0.29) is 16.1 Å². The average Bonchev–Trinajstić information content (AvgIpc) is 2.46. The summed E-state index contributed by atoms with van der Waals surface area (Å²) in [5, 5.41) is 0. The van der Waals surface area contributed by atoms with Crippen LogP contribution in [0.2, 0.25) is 0 Å². The fourth-order valence-electron chi connectivity index (χ4n) is 2.20. The molecule has 116 valence electrons. The Morgan fingerprint density at radius 3 is 2.57 bits per heavy atom. The van der Waals surface area contributed by atoms with Crippen molar-refractivity contribution in [2.75, 3.05) is 23.8 Å². The van der Waals surface area contributed by atoms with Gasteiger partial charge in [0.15, 0.2) is 0 Å². The molecule has 1 heterocycles. The highest BCUT2D eigenvalue weighted by atomic mass is 32.2. The zero-order valence-corrected chi connectivity index (χ0v) is 13.2. The van der Waals surface area contributed by atoms with E-state index in [1.807, 2.05) is 11.8 Å². The van der Waals surface area contributed by atoms with Crippen LogP contribution in [0.25, 0.3) is 0 Å². The highest BCUT2D eigenvalue weighted by Crippen LogP contribution is 2.23. The molecule has 0 atom stereocenters. The Labute approximate surface area is 128 Å². The largest absolute Gasteiger partial charge is 0.398 e. The summed E-state index contributed by atoms with van der Waals surface area (Å²) in [5.41, 5.74) is 11.1. The van der Waals surface area contributed by atoms with Gasteiger partial charge in [-0.15, -0.1) is 0 Å². The van der Waals surface area contributed by atoms with E-state index < -0.39 is 15.9 Å². The van der Waals surface area contributed by atoms with Crippen LogP contribution in [0, 0.1) is 5.92 Å². The van der Waals surface area contributed by atoms with Crippen LogP contribution in [0.5, 0.6) is 0 Å². The Bertz CT molecular complexity index is 626. The molecule has 0 aliphatic carbocycles. The maximum Gasteiger partial charge on any atom is 0.248 e. The molecule has 8 heteroatoms. The van der Waals surface area contributed by atoms with Gasteiger partial charge in [0.1, 0.15) is 4.90 Å². The van der Waals surface area contributed by atoms with E-state index in [1.165, 1.54) is 18.2 Å². The first kappa shape index (κ1) is 16.1. The molecule has 0 unspecified atom stereocenters. The van der Waals surface area contributed by atoms with Gasteiger partial charge in [-0.25, -0.2) is 13.1 Å². The number of hydrogen-bond acceptors (Lipinski definition) is 5. The van der Waals surface area contributed by atoms with E-state index in [1.54, 1.807) is 0 Å². The van der Waals surface area contributed by atoms with Gasteiger partial charge in [-0.1, -0.05) is 0 Å². The third-order valence-electron chi connectivity index (χ3n) is 3.49. The number of hydrogen-bond donors (Lipinski definition) is 3. The predicted molar refractivity (Wildman–Crippen MR) is 84.6 cm³/mol. The molecule has 1 fully saturated rings. The first-order valence-electron chi connectivity index (χ1n) is 6.67. The third kappa shape index (κ3) is 4.12. The van der Waals surface area contributed by atoms with Gasteiger partial charge in [0.25, 0.3) is 0 Å². The highest BCUT2D eigenvalue weighted by Gasteiger charge is 2.21. The molecule has 2 rings (SSSR count). The SMILES string of the molecule is NC(=O)c1ccc(S(=O)(=O)NCC2CCSCC2)c(N)c1. The number of anilines is 1. The number of nitrogens with one attached hydrogen (secondary N) is 1. The van der Waals surface area contributed by atoms with Crippen LogP contribution in [0.3, 0.4) is 0 Å². The number of carbonyl (C=O) groups is 1. The summed E-state index contributed by atoms with van der Waals surface area (Å²) in [5.74, 6) is 1.87. The number of amides is 1. The molecule has 0 radical (unpaired) electrons. The zero-order valence-electron chi connectivity index (χ0n) is 11.5. The number of thioether (sulfide) groups is 1. The maximum absolute atomic E-state index is 12.3. The first-order valence-corrected chi connectivity index (χ1v) is 9.30. The van der Waals surface area contributed by atoms with E-state index in [0.29, 0.717) is 12.5 Å². The van der Waals surface area contributed by atoms with Gasteiger partial charge in [-0.05, 0) is 48.5 Å². The topological polar surface area (TPSA) is 115 Å². The highest BCUT2D eigenvalue weighted by molar-refractivity contribution is 7.99. The normalized spacial score (nSPS) is 16.8. The summed E-state index contributed by atoms with van der Waals surface area (Å²) in [6, 6.07) is 3.97. The molecule has 0 bridgehead atoms. The fraction of sp³-hybridized carbons (Fsp3) is 0.462. The van der Waals surface area contributed by atoms with Crippen molar-refractivity contribution in [3.63, 3.8) is 0 Å². The van der Waals surface area contributed by atoms with Crippen LogP contribution >= 0.6 is 11.8 Å². The first-order chi connectivity index (χ1) is 9.90. The molecule has 1 aliphatic rings.